The molecule has 0 saturated carbocycles. The summed E-state index contributed by atoms with van der Waals surface area (Å²) in [6.45, 7) is 1.34. The van der Waals surface area contributed by atoms with Crippen molar-refractivity contribution >= 4 is 17.6 Å². The molecule has 1 N–H and O–H groups in total. The normalized spacial score (nSPS) is 16.1. The number of amides is 1. The molecule has 0 unspecified atom stereocenters. The van der Waals surface area contributed by atoms with Crippen molar-refractivity contribution in [3.05, 3.63) is 59.7 Å². The maximum absolute atomic E-state index is 12.4. The molecule has 1 saturated heterocycles. The molecule has 2 aromatic rings. The Morgan fingerprint density at radius 1 is 1.15 bits per heavy atom. The summed E-state index contributed by atoms with van der Waals surface area (Å²) in [7, 11) is 1.30. The number of methoxy groups -OCH3 is 1. The van der Waals surface area contributed by atoms with Crippen LogP contribution in [0, 0.1) is 0 Å². The lowest BCUT2D eigenvalue weighted by Gasteiger charge is -2.12. The fraction of sp³-hybridized carbons (Fsp3) is 0.300. The van der Waals surface area contributed by atoms with Crippen LogP contribution in [0.3, 0.4) is 0 Å². The Hall–Kier alpha value is -2.86. The van der Waals surface area contributed by atoms with Gasteiger partial charge in [-0.2, -0.15) is 0 Å². The summed E-state index contributed by atoms with van der Waals surface area (Å²) in [6.07, 6.45) is 2.27. The first-order valence-electron chi connectivity index (χ1n) is 8.50. The first kappa shape index (κ1) is 17.9. The van der Waals surface area contributed by atoms with Gasteiger partial charge >= 0.3 is 5.97 Å². The van der Waals surface area contributed by atoms with Crippen molar-refractivity contribution in [3.63, 3.8) is 0 Å². The van der Waals surface area contributed by atoms with Gasteiger partial charge in [0.05, 0.1) is 18.8 Å². The van der Waals surface area contributed by atoms with Crippen LogP contribution in [-0.4, -0.2) is 38.3 Å². The van der Waals surface area contributed by atoms with Gasteiger partial charge in [-0.15, -0.1) is 0 Å². The van der Waals surface area contributed by atoms with Crippen LogP contribution < -0.4 is 10.1 Å². The van der Waals surface area contributed by atoms with E-state index in [4.69, 9.17) is 9.47 Å². The van der Waals surface area contributed by atoms with Gasteiger partial charge in [0.25, 0.3) is 5.91 Å². The quantitative estimate of drug-likeness (QED) is 0.805. The van der Waals surface area contributed by atoms with E-state index in [1.165, 1.54) is 13.2 Å². The van der Waals surface area contributed by atoms with Crippen molar-refractivity contribution in [1.82, 2.24) is 0 Å². The first-order chi connectivity index (χ1) is 12.7. The number of carbonyl (C=O) groups is 2. The van der Waals surface area contributed by atoms with E-state index in [-0.39, 0.29) is 12.0 Å². The molecule has 1 fully saturated rings. The second-order valence-electron chi connectivity index (χ2n) is 6.00. The Balaban J connectivity index is 1.58. The Labute approximate surface area is 152 Å². The Morgan fingerprint density at radius 2 is 1.92 bits per heavy atom. The number of nitrogens with one attached hydrogen (secondary N) is 1. The minimum Gasteiger partial charge on any atom is -0.491 e. The highest BCUT2D eigenvalue weighted by molar-refractivity contribution is 6.05. The molecule has 1 atom stereocenters. The lowest BCUT2D eigenvalue weighted by molar-refractivity contribution is 0.0600. The maximum Gasteiger partial charge on any atom is 0.337 e. The van der Waals surface area contributed by atoms with Crippen LogP contribution in [0.2, 0.25) is 0 Å². The van der Waals surface area contributed by atoms with E-state index in [0.717, 1.165) is 25.2 Å². The summed E-state index contributed by atoms with van der Waals surface area (Å²) in [4.78, 5) is 23.9. The number of hydrogen-bond donors (Lipinski definition) is 1. The van der Waals surface area contributed by atoms with E-state index in [2.05, 4.69) is 10.1 Å². The molecule has 136 valence electrons. The Bertz CT molecular complexity index is 766. The summed E-state index contributed by atoms with van der Waals surface area (Å²) < 4.78 is 15.9. The molecule has 26 heavy (non-hydrogen) atoms. The summed E-state index contributed by atoms with van der Waals surface area (Å²) >= 11 is 0. The van der Waals surface area contributed by atoms with E-state index in [1.807, 2.05) is 0 Å². The Kier molecular flexibility index (Phi) is 5.86. The van der Waals surface area contributed by atoms with Gasteiger partial charge in [0.15, 0.2) is 0 Å². The van der Waals surface area contributed by atoms with Crippen molar-refractivity contribution in [1.29, 1.82) is 0 Å². The minimum absolute atomic E-state index is 0.163. The SMILES string of the molecule is COC(=O)c1cccc(C(=O)Nc2ccc(OC[C@H]3CCCO3)cc2)c1. The number of rotatable bonds is 6. The number of anilines is 1. The molecule has 0 aromatic heterocycles. The first-order valence-corrected chi connectivity index (χ1v) is 8.50. The molecule has 3 rings (SSSR count). The molecule has 0 radical (unpaired) electrons. The zero-order valence-electron chi connectivity index (χ0n) is 14.6. The summed E-state index contributed by atoms with van der Waals surface area (Å²) in [5, 5.41) is 2.80. The maximum atomic E-state index is 12.4. The smallest absolute Gasteiger partial charge is 0.337 e. The highest BCUT2D eigenvalue weighted by Gasteiger charge is 2.16. The molecule has 6 heteroatoms. The number of benzene rings is 2. The highest BCUT2D eigenvalue weighted by atomic mass is 16.5. The van der Waals surface area contributed by atoms with Gasteiger partial charge in [0.2, 0.25) is 0 Å². The third-order valence-corrected chi connectivity index (χ3v) is 4.12. The van der Waals surface area contributed by atoms with Crippen molar-refractivity contribution < 1.29 is 23.8 Å². The van der Waals surface area contributed by atoms with Crippen LogP contribution >= 0.6 is 0 Å². The van der Waals surface area contributed by atoms with E-state index in [1.54, 1.807) is 42.5 Å². The molecular formula is C20H21NO5. The molecule has 0 aliphatic carbocycles. The predicted molar refractivity (Wildman–Crippen MR) is 96.6 cm³/mol. The van der Waals surface area contributed by atoms with E-state index >= 15 is 0 Å². The number of ether oxygens (including phenoxy) is 3. The average Bonchev–Trinajstić information content (AvgIpc) is 3.20. The molecule has 0 spiro atoms. The molecule has 2 aromatic carbocycles. The van der Waals surface area contributed by atoms with Crippen LogP contribution in [0.5, 0.6) is 5.75 Å². The highest BCUT2D eigenvalue weighted by Crippen LogP contribution is 2.19. The molecular weight excluding hydrogens is 334 g/mol. The largest absolute Gasteiger partial charge is 0.491 e. The van der Waals surface area contributed by atoms with Crippen LogP contribution in [0.15, 0.2) is 48.5 Å². The zero-order chi connectivity index (χ0) is 18.4. The van der Waals surface area contributed by atoms with Gasteiger partial charge < -0.3 is 19.5 Å². The molecule has 1 aliphatic rings. The van der Waals surface area contributed by atoms with Gasteiger partial charge in [-0.05, 0) is 55.3 Å². The summed E-state index contributed by atoms with van der Waals surface area (Å²) in [5.41, 5.74) is 1.35. The monoisotopic (exact) mass is 355 g/mol. The van der Waals surface area contributed by atoms with Gasteiger partial charge in [-0.3, -0.25) is 4.79 Å². The van der Waals surface area contributed by atoms with E-state index in [0.29, 0.717) is 23.4 Å². The average molecular weight is 355 g/mol. The van der Waals surface area contributed by atoms with E-state index < -0.39 is 5.97 Å². The third-order valence-electron chi connectivity index (χ3n) is 4.12. The number of carbonyl (C=O) groups excluding carboxylic acids is 2. The number of esters is 1. The molecule has 1 amide bonds. The molecule has 0 bridgehead atoms. The molecule has 1 heterocycles. The minimum atomic E-state index is -0.479. The fourth-order valence-corrected chi connectivity index (χ4v) is 2.71. The standard InChI is InChI=1S/C20H21NO5/c1-24-20(23)15-5-2-4-14(12-15)19(22)21-16-7-9-17(10-8-16)26-13-18-6-3-11-25-18/h2,4-5,7-10,12,18H,3,6,11,13H2,1H3,(H,21,22)/t18-/m1/s1. The van der Waals surface area contributed by atoms with Gasteiger partial charge in [-0.1, -0.05) is 6.07 Å². The topological polar surface area (TPSA) is 73.9 Å². The lowest BCUT2D eigenvalue weighted by atomic mass is 10.1. The van der Waals surface area contributed by atoms with Gasteiger partial charge in [0, 0.05) is 17.9 Å². The Morgan fingerprint density at radius 3 is 2.62 bits per heavy atom. The molecule has 6 nitrogen and oxygen atoms in total. The van der Waals surface area contributed by atoms with E-state index in [9.17, 15) is 9.59 Å². The second kappa shape index (κ2) is 8.49. The second-order valence-corrected chi connectivity index (χ2v) is 6.00. The van der Waals surface area contributed by atoms with Crippen LogP contribution in [-0.2, 0) is 9.47 Å². The summed E-state index contributed by atoms with van der Waals surface area (Å²) in [5.74, 6) is -0.0534. The molecule has 1 aliphatic heterocycles. The van der Waals surface area contributed by atoms with Crippen LogP contribution in [0.25, 0.3) is 0 Å². The van der Waals surface area contributed by atoms with Crippen molar-refractivity contribution in [3.8, 4) is 5.75 Å². The lowest BCUT2D eigenvalue weighted by Crippen LogP contribution is -2.16. The predicted octanol–water partition coefficient (Wildman–Crippen LogP) is 3.28. The van der Waals surface area contributed by atoms with Crippen molar-refractivity contribution in [2.75, 3.05) is 25.6 Å². The van der Waals surface area contributed by atoms with Gasteiger partial charge in [-0.25, -0.2) is 4.79 Å². The van der Waals surface area contributed by atoms with Gasteiger partial charge in [0.1, 0.15) is 12.4 Å². The fourth-order valence-electron chi connectivity index (χ4n) is 2.71. The van der Waals surface area contributed by atoms with Crippen molar-refractivity contribution in [2.24, 2.45) is 0 Å². The summed E-state index contributed by atoms with van der Waals surface area (Å²) in [6, 6.07) is 13.5. The van der Waals surface area contributed by atoms with Crippen LogP contribution in [0.1, 0.15) is 33.6 Å². The van der Waals surface area contributed by atoms with Crippen molar-refractivity contribution in [2.45, 2.75) is 18.9 Å². The third kappa shape index (κ3) is 4.61. The van der Waals surface area contributed by atoms with Crippen LogP contribution in [0.4, 0.5) is 5.69 Å². The number of hydrogen-bond acceptors (Lipinski definition) is 5. The zero-order valence-corrected chi connectivity index (χ0v) is 14.6.